The SMILES string of the molecule is CCC(C)C(C)NCC1(C)CCOCC1. The fourth-order valence-corrected chi connectivity index (χ4v) is 2.00. The van der Waals surface area contributed by atoms with Crippen LogP contribution in [0.25, 0.3) is 0 Å². The third-order valence-electron chi connectivity index (χ3n) is 4.05. The first kappa shape index (κ1) is 13.0. The van der Waals surface area contributed by atoms with E-state index in [0.717, 1.165) is 25.7 Å². The number of ether oxygens (including phenoxy) is 1. The van der Waals surface area contributed by atoms with Gasteiger partial charge in [-0.25, -0.2) is 0 Å². The van der Waals surface area contributed by atoms with Gasteiger partial charge in [-0.15, -0.1) is 0 Å². The van der Waals surface area contributed by atoms with E-state index in [-0.39, 0.29) is 0 Å². The summed E-state index contributed by atoms with van der Waals surface area (Å²) in [6.07, 6.45) is 3.66. The molecule has 2 nitrogen and oxygen atoms in total. The van der Waals surface area contributed by atoms with Crippen molar-refractivity contribution in [3.05, 3.63) is 0 Å². The average molecular weight is 213 g/mol. The van der Waals surface area contributed by atoms with Crippen LogP contribution in [0.1, 0.15) is 47.0 Å². The van der Waals surface area contributed by atoms with Crippen molar-refractivity contribution < 1.29 is 4.74 Å². The van der Waals surface area contributed by atoms with Gasteiger partial charge in [-0.1, -0.05) is 27.2 Å². The summed E-state index contributed by atoms with van der Waals surface area (Å²) in [6.45, 7) is 12.3. The minimum Gasteiger partial charge on any atom is -0.381 e. The molecule has 1 aliphatic rings. The molecule has 0 saturated carbocycles. The largest absolute Gasteiger partial charge is 0.381 e. The number of rotatable bonds is 5. The van der Waals surface area contributed by atoms with E-state index in [0.29, 0.717) is 11.5 Å². The predicted octanol–water partition coefficient (Wildman–Crippen LogP) is 2.83. The molecule has 15 heavy (non-hydrogen) atoms. The Balaban J connectivity index is 2.28. The van der Waals surface area contributed by atoms with Crippen molar-refractivity contribution in [3.8, 4) is 0 Å². The van der Waals surface area contributed by atoms with Crippen molar-refractivity contribution in [3.63, 3.8) is 0 Å². The zero-order valence-electron chi connectivity index (χ0n) is 10.8. The van der Waals surface area contributed by atoms with Crippen molar-refractivity contribution in [2.75, 3.05) is 19.8 Å². The molecule has 2 heteroatoms. The minimum atomic E-state index is 0.458. The predicted molar refractivity (Wildman–Crippen MR) is 65.1 cm³/mol. The van der Waals surface area contributed by atoms with Crippen molar-refractivity contribution in [1.29, 1.82) is 0 Å². The molecule has 90 valence electrons. The molecule has 1 fully saturated rings. The monoisotopic (exact) mass is 213 g/mol. The Morgan fingerprint density at radius 3 is 2.40 bits per heavy atom. The topological polar surface area (TPSA) is 21.3 Å². The van der Waals surface area contributed by atoms with E-state index in [4.69, 9.17) is 4.74 Å². The Hall–Kier alpha value is -0.0800. The molecule has 1 N–H and O–H groups in total. The molecule has 1 rings (SSSR count). The van der Waals surface area contributed by atoms with Crippen LogP contribution in [-0.2, 0) is 4.74 Å². The highest BCUT2D eigenvalue weighted by Crippen LogP contribution is 2.29. The van der Waals surface area contributed by atoms with Crippen LogP contribution in [0.2, 0.25) is 0 Å². The van der Waals surface area contributed by atoms with Crippen molar-refractivity contribution in [2.45, 2.75) is 53.0 Å². The van der Waals surface area contributed by atoms with E-state index in [1.165, 1.54) is 19.3 Å². The van der Waals surface area contributed by atoms with Crippen LogP contribution in [0.15, 0.2) is 0 Å². The zero-order valence-corrected chi connectivity index (χ0v) is 10.8. The molecule has 1 aliphatic heterocycles. The summed E-state index contributed by atoms with van der Waals surface area (Å²) in [5.41, 5.74) is 0.458. The van der Waals surface area contributed by atoms with Crippen LogP contribution in [0.5, 0.6) is 0 Å². The molecule has 0 radical (unpaired) electrons. The molecule has 0 aromatic carbocycles. The summed E-state index contributed by atoms with van der Waals surface area (Å²) >= 11 is 0. The van der Waals surface area contributed by atoms with Gasteiger partial charge in [0.1, 0.15) is 0 Å². The van der Waals surface area contributed by atoms with Crippen molar-refractivity contribution in [2.24, 2.45) is 11.3 Å². The van der Waals surface area contributed by atoms with Gasteiger partial charge in [-0.2, -0.15) is 0 Å². The summed E-state index contributed by atoms with van der Waals surface area (Å²) in [5, 5.41) is 3.69. The van der Waals surface area contributed by atoms with Crippen LogP contribution < -0.4 is 5.32 Å². The third kappa shape index (κ3) is 4.12. The highest BCUT2D eigenvalue weighted by Gasteiger charge is 2.27. The van der Waals surface area contributed by atoms with E-state index in [1.807, 2.05) is 0 Å². The lowest BCUT2D eigenvalue weighted by Crippen LogP contribution is -2.42. The highest BCUT2D eigenvalue weighted by molar-refractivity contribution is 4.81. The Morgan fingerprint density at radius 2 is 1.87 bits per heavy atom. The van der Waals surface area contributed by atoms with Gasteiger partial charge in [0.2, 0.25) is 0 Å². The molecule has 0 amide bonds. The fourth-order valence-electron chi connectivity index (χ4n) is 2.00. The first-order chi connectivity index (χ1) is 7.07. The zero-order chi connectivity index (χ0) is 11.3. The lowest BCUT2D eigenvalue weighted by Gasteiger charge is -2.35. The van der Waals surface area contributed by atoms with Crippen molar-refractivity contribution >= 4 is 0 Å². The van der Waals surface area contributed by atoms with Gasteiger partial charge in [0.15, 0.2) is 0 Å². The Labute approximate surface area is 94.8 Å². The molecular weight excluding hydrogens is 186 g/mol. The van der Waals surface area contributed by atoms with Gasteiger partial charge in [-0.3, -0.25) is 0 Å². The van der Waals surface area contributed by atoms with Gasteiger partial charge in [0.05, 0.1) is 0 Å². The van der Waals surface area contributed by atoms with E-state index >= 15 is 0 Å². The first-order valence-electron chi connectivity index (χ1n) is 6.38. The Morgan fingerprint density at radius 1 is 1.27 bits per heavy atom. The standard InChI is InChI=1S/C13H27NO/c1-5-11(2)12(3)14-10-13(4)6-8-15-9-7-13/h11-12,14H,5-10H2,1-4H3. The van der Waals surface area contributed by atoms with Gasteiger partial charge in [-0.05, 0) is 31.1 Å². The molecule has 0 spiro atoms. The average Bonchev–Trinajstić information content (AvgIpc) is 2.26. The molecule has 0 aromatic heterocycles. The molecule has 0 bridgehead atoms. The maximum Gasteiger partial charge on any atom is 0.0471 e. The number of nitrogens with one attached hydrogen (secondary N) is 1. The normalized spacial score (nSPS) is 24.8. The van der Waals surface area contributed by atoms with E-state index < -0.39 is 0 Å². The molecule has 2 unspecified atom stereocenters. The molecule has 1 saturated heterocycles. The summed E-state index contributed by atoms with van der Waals surface area (Å²) in [6, 6.07) is 0.634. The quantitative estimate of drug-likeness (QED) is 0.758. The maximum absolute atomic E-state index is 5.41. The van der Waals surface area contributed by atoms with Crippen LogP contribution in [0.4, 0.5) is 0 Å². The summed E-state index contributed by atoms with van der Waals surface area (Å²) in [7, 11) is 0. The summed E-state index contributed by atoms with van der Waals surface area (Å²) in [5.74, 6) is 0.772. The van der Waals surface area contributed by atoms with Crippen LogP contribution in [0, 0.1) is 11.3 Å². The Kier molecular flexibility index (Phi) is 5.07. The first-order valence-corrected chi connectivity index (χ1v) is 6.38. The number of hydrogen-bond acceptors (Lipinski definition) is 2. The number of hydrogen-bond donors (Lipinski definition) is 1. The van der Waals surface area contributed by atoms with Crippen LogP contribution >= 0.6 is 0 Å². The van der Waals surface area contributed by atoms with E-state index in [2.05, 4.69) is 33.0 Å². The van der Waals surface area contributed by atoms with Crippen LogP contribution in [-0.4, -0.2) is 25.8 Å². The second kappa shape index (κ2) is 5.86. The summed E-state index contributed by atoms with van der Waals surface area (Å²) < 4.78 is 5.41. The lowest BCUT2D eigenvalue weighted by atomic mass is 9.82. The van der Waals surface area contributed by atoms with Gasteiger partial charge >= 0.3 is 0 Å². The van der Waals surface area contributed by atoms with E-state index in [9.17, 15) is 0 Å². The van der Waals surface area contributed by atoms with Gasteiger partial charge in [0, 0.05) is 25.8 Å². The van der Waals surface area contributed by atoms with E-state index in [1.54, 1.807) is 0 Å². The second-order valence-electron chi connectivity index (χ2n) is 5.48. The maximum atomic E-state index is 5.41. The highest BCUT2D eigenvalue weighted by atomic mass is 16.5. The fraction of sp³-hybridized carbons (Fsp3) is 1.00. The van der Waals surface area contributed by atoms with Crippen molar-refractivity contribution in [1.82, 2.24) is 5.32 Å². The lowest BCUT2D eigenvalue weighted by molar-refractivity contribution is 0.0223. The van der Waals surface area contributed by atoms with Crippen LogP contribution in [0.3, 0.4) is 0 Å². The second-order valence-corrected chi connectivity index (χ2v) is 5.48. The van der Waals surface area contributed by atoms with Gasteiger partial charge < -0.3 is 10.1 Å². The van der Waals surface area contributed by atoms with Gasteiger partial charge in [0.25, 0.3) is 0 Å². The minimum absolute atomic E-state index is 0.458. The molecule has 1 heterocycles. The molecule has 0 aromatic rings. The molecular formula is C13H27NO. The summed E-state index contributed by atoms with van der Waals surface area (Å²) in [4.78, 5) is 0. The third-order valence-corrected chi connectivity index (χ3v) is 4.05. The molecule has 2 atom stereocenters. The Bertz CT molecular complexity index is 175. The molecule has 0 aliphatic carbocycles. The smallest absolute Gasteiger partial charge is 0.0471 e.